The summed E-state index contributed by atoms with van der Waals surface area (Å²) in [5.41, 5.74) is 3.55. The molecule has 2 aliphatic heterocycles. The molecule has 1 aliphatic carbocycles. The van der Waals surface area contributed by atoms with Gasteiger partial charge in [0.05, 0.1) is 6.33 Å². The van der Waals surface area contributed by atoms with Crippen molar-refractivity contribution >= 4 is 43.2 Å². The molecule has 7 rings (SSSR count). The predicted octanol–water partition coefficient (Wildman–Crippen LogP) is 7.39. The average Bonchev–Trinajstić information content (AvgIpc) is 3.85. The maximum absolute atomic E-state index is 12.5. The smallest absolute Gasteiger partial charge is 0.407 e. The van der Waals surface area contributed by atoms with Crippen molar-refractivity contribution in [3.8, 4) is 5.75 Å². The lowest BCUT2D eigenvalue weighted by atomic mass is 9.58. The van der Waals surface area contributed by atoms with Crippen molar-refractivity contribution < 1.29 is 13.7 Å². The maximum Gasteiger partial charge on any atom is 0.407 e. The van der Waals surface area contributed by atoms with Crippen molar-refractivity contribution in [2.45, 2.75) is 50.2 Å². The van der Waals surface area contributed by atoms with Gasteiger partial charge in [-0.25, -0.2) is 9.78 Å². The summed E-state index contributed by atoms with van der Waals surface area (Å²) in [6, 6.07) is 29.8. The number of carbonyl (C=O) groups is 1. The summed E-state index contributed by atoms with van der Waals surface area (Å²) in [5, 5.41) is 2.70. The summed E-state index contributed by atoms with van der Waals surface area (Å²) in [6.07, 6.45) is 10.8. The highest BCUT2D eigenvalue weighted by atomic mass is 32.2. The van der Waals surface area contributed by atoms with Gasteiger partial charge >= 0.3 is 6.09 Å². The number of imidazole rings is 1. The number of para-hydroxylation sites is 1. The number of hydrogen-bond acceptors (Lipinski definition) is 8. The largest absolute Gasteiger partial charge is 0.446 e. The minimum atomic E-state index is -0.328. The number of alkyl carbamates (subject to hydrolysis) is 1. The second-order valence-electron chi connectivity index (χ2n) is 14.2. The number of nitrogens with zero attached hydrogens (tertiary/aromatic N) is 5. The van der Waals surface area contributed by atoms with E-state index in [0.717, 1.165) is 82.8 Å². The molecule has 1 aromatic heterocycles. The first-order chi connectivity index (χ1) is 24.5. The molecule has 3 aliphatic rings. The monoisotopic (exact) mass is 728 g/mol. The molecular weight excluding hydrogens is 677 g/mol. The number of carbonyl (C=O) groups excluding carboxylic acids is 1. The minimum absolute atomic E-state index is 0. The summed E-state index contributed by atoms with van der Waals surface area (Å²) in [7, 11) is 3.66. The normalized spacial score (nSPS) is 20.9. The van der Waals surface area contributed by atoms with Gasteiger partial charge in [0.15, 0.2) is 12.2 Å². The lowest BCUT2D eigenvalue weighted by Crippen LogP contribution is -2.55. The van der Waals surface area contributed by atoms with Crippen LogP contribution in [0.25, 0.3) is 0 Å². The molecule has 3 heterocycles. The number of aromatic nitrogens is 2. The summed E-state index contributed by atoms with van der Waals surface area (Å²) in [4.78, 5) is 22.1. The Labute approximate surface area is 314 Å². The van der Waals surface area contributed by atoms with Crippen molar-refractivity contribution in [1.82, 2.24) is 19.8 Å². The molecule has 0 radical (unpaired) electrons. The van der Waals surface area contributed by atoms with Crippen LogP contribution in [-0.2, 0) is 16.7 Å². The molecule has 4 aromatic rings. The third-order valence-electron chi connectivity index (χ3n) is 11.2. The number of anilines is 2. The Balaban J connectivity index is 0.00000448. The zero-order valence-electron chi connectivity index (χ0n) is 29.8. The lowest BCUT2D eigenvalue weighted by molar-refractivity contribution is 0.00204. The topological polar surface area (TPSA) is 75.1 Å². The first-order valence-electron chi connectivity index (χ1n) is 18.1. The second-order valence-corrected chi connectivity index (χ2v) is 15.1. The fraction of sp³-hybridized carbons (Fsp3) is 0.450. The van der Waals surface area contributed by atoms with Gasteiger partial charge in [-0.2, -0.15) is 13.5 Å². The highest BCUT2D eigenvalue weighted by Gasteiger charge is 2.53. The number of ether oxygens (including phenoxy) is 1. The van der Waals surface area contributed by atoms with Gasteiger partial charge in [0.2, 0.25) is 0 Å². The Hall–Kier alpha value is -3.80. The van der Waals surface area contributed by atoms with Crippen LogP contribution in [0, 0.1) is 17.8 Å². The van der Waals surface area contributed by atoms with Gasteiger partial charge < -0.3 is 28.6 Å². The van der Waals surface area contributed by atoms with Crippen LogP contribution < -0.4 is 18.7 Å². The van der Waals surface area contributed by atoms with E-state index in [2.05, 4.69) is 97.6 Å². The number of amides is 1. The third kappa shape index (κ3) is 8.47. The van der Waals surface area contributed by atoms with Gasteiger partial charge in [-0.3, -0.25) is 4.31 Å². The Morgan fingerprint density at radius 3 is 2.33 bits per heavy atom. The van der Waals surface area contributed by atoms with Crippen molar-refractivity contribution in [2.24, 2.45) is 17.8 Å². The Morgan fingerprint density at radius 2 is 1.67 bits per heavy atom. The standard InChI is InChI=1S/C40H50N6O3S.H2S/c1-41-39(47)48-38-15-9-14-37(38)40(29-45-25-22-42-30-45,32-10-5-3-6-11-32)33-20-23-44(24-21-33)26-31-27-46(28-31)35-16-18-36(19-17-35)49-50-43(2)34-12-7-4-8-13-34;/h3-8,10-13,16-19,22,25,30-31,33,37-38H,9,14-15,20-21,23-24,26-29H2,1-2H3,(H,41,47);1H2/t37?,38-,40?;/m0./s1. The van der Waals surface area contributed by atoms with E-state index in [1.54, 1.807) is 7.05 Å². The Kier molecular flexibility index (Phi) is 12.4. The molecule has 3 aromatic carbocycles. The van der Waals surface area contributed by atoms with Crippen LogP contribution in [0.15, 0.2) is 104 Å². The maximum atomic E-state index is 12.5. The quantitative estimate of drug-likeness (QED) is 0.113. The fourth-order valence-electron chi connectivity index (χ4n) is 8.76. The average molecular weight is 729 g/mol. The highest BCUT2D eigenvalue weighted by Crippen LogP contribution is 2.52. The second kappa shape index (κ2) is 17.1. The van der Waals surface area contributed by atoms with Gasteiger partial charge in [0.25, 0.3) is 0 Å². The zero-order valence-corrected chi connectivity index (χ0v) is 31.6. The molecule has 272 valence electrons. The van der Waals surface area contributed by atoms with E-state index >= 15 is 0 Å². The van der Waals surface area contributed by atoms with Crippen molar-refractivity contribution in [1.29, 1.82) is 0 Å². The molecular formula is C40H52N6O3S2. The number of nitrogens with one attached hydrogen (secondary N) is 1. The zero-order chi connectivity index (χ0) is 34.3. The molecule has 2 unspecified atom stereocenters. The van der Waals surface area contributed by atoms with Crippen molar-refractivity contribution in [3.63, 3.8) is 0 Å². The van der Waals surface area contributed by atoms with Crippen LogP contribution in [0.5, 0.6) is 5.75 Å². The molecule has 9 nitrogen and oxygen atoms in total. The van der Waals surface area contributed by atoms with Gasteiger partial charge in [0.1, 0.15) is 11.9 Å². The molecule has 1 N–H and O–H groups in total. The molecule has 0 bridgehead atoms. The van der Waals surface area contributed by atoms with Crippen molar-refractivity contribution in [3.05, 3.63) is 109 Å². The van der Waals surface area contributed by atoms with Gasteiger partial charge in [-0.05, 0) is 93.1 Å². The van der Waals surface area contributed by atoms with Crippen LogP contribution >= 0.6 is 25.7 Å². The van der Waals surface area contributed by atoms with Crippen LogP contribution in [0.3, 0.4) is 0 Å². The van der Waals surface area contributed by atoms with Crippen LogP contribution in [0.2, 0.25) is 0 Å². The van der Waals surface area contributed by atoms with Crippen molar-refractivity contribution in [2.75, 3.05) is 56.0 Å². The van der Waals surface area contributed by atoms with E-state index in [4.69, 9.17) is 8.92 Å². The molecule has 51 heavy (non-hydrogen) atoms. The van der Waals surface area contributed by atoms with E-state index in [0.29, 0.717) is 11.8 Å². The summed E-state index contributed by atoms with van der Waals surface area (Å²) in [5.74, 6) is 2.22. The number of hydrogen-bond donors (Lipinski definition) is 1. The number of benzene rings is 3. The number of rotatable bonds is 13. The molecule has 11 heteroatoms. The molecule has 1 amide bonds. The molecule has 1 saturated carbocycles. The molecule has 3 fully saturated rings. The van der Waals surface area contributed by atoms with Gasteiger partial charge in [0, 0.05) is 81.3 Å². The number of likely N-dealkylation sites (tertiary alicyclic amines) is 1. The Bertz CT molecular complexity index is 1630. The molecule has 3 atom stereocenters. The third-order valence-corrected chi connectivity index (χ3v) is 11.9. The van der Waals surface area contributed by atoms with Crippen LogP contribution in [0.4, 0.5) is 16.2 Å². The fourth-order valence-corrected chi connectivity index (χ4v) is 9.27. The molecule has 2 saturated heterocycles. The summed E-state index contributed by atoms with van der Waals surface area (Å²) >= 11 is 1.34. The van der Waals surface area contributed by atoms with E-state index < -0.39 is 0 Å². The Morgan fingerprint density at radius 1 is 0.961 bits per heavy atom. The number of piperidine rings is 1. The van der Waals surface area contributed by atoms with E-state index in [1.165, 1.54) is 23.5 Å². The summed E-state index contributed by atoms with van der Waals surface area (Å²) in [6.45, 7) is 6.33. The highest BCUT2D eigenvalue weighted by molar-refractivity contribution is 7.96. The first-order valence-corrected chi connectivity index (χ1v) is 18.8. The van der Waals surface area contributed by atoms with Crippen LogP contribution in [-0.4, -0.2) is 73.5 Å². The van der Waals surface area contributed by atoms with E-state index in [1.807, 2.05) is 42.1 Å². The van der Waals surface area contributed by atoms with E-state index in [-0.39, 0.29) is 37.0 Å². The van der Waals surface area contributed by atoms with Gasteiger partial charge in [-0.1, -0.05) is 48.5 Å². The minimum Gasteiger partial charge on any atom is -0.446 e. The summed E-state index contributed by atoms with van der Waals surface area (Å²) < 4.78 is 16.3. The SMILES string of the molecule is CNC(=O)O[C@H]1CCCC1C(Cn1ccnc1)(c1ccccc1)C1CCN(CC2CN(c3ccc(OSN(C)c4ccccc4)cc3)C2)CC1.S. The lowest BCUT2D eigenvalue weighted by Gasteiger charge is -2.51. The van der Waals surface area contributed by atoms with Gasteiger partial charge in [-0.15, -0.1) is 0 Å². The van der Waals surface area contributed by atoms with E-state index in [9.17, 15) is 4.79 Å². The molecule has 0 spiro atoms. The predicted molar refractivity (Wildman–Crippen MR) is 212 cm³/mol. The van der Waals surface area contributed by atoms with Crippen LogP contribution in [0.1, 0.15) is 37.7 Å². The first kappa shape index (κ1) is 37.0.